The van der Waals surface area contributed by atoms with E-state index in [1.54, 1.807) is 0 Å². The Morgan fingerprint density at radius 1 is 1.19 bits per heavy atom. The van der Waals surface area contributed by atoms with E-state index in [0.717, 1.165) is 12.0 Å². The lowest BCUT2D eigenvalue weighted by Crippen LogP contribution is -2.10. The van der Waals surface area contributed by atoms with E-state index in [1.165, 1.54) is 11.1 Å². The summed E-state index contributed by atoms with van der Waals surface area (Å²) in [6.45, 7) is 10.9. The van der Waals surface area contributed by atoms with Crippen LogP contribution in [0.25, 0.3) is 0 Å². The summed E-state index contributed by atoms with van der Waals surface area (Å²) in [6.07, 6.45) is 3.22. The summed E-state index contributed by atoms with van der Waals surface area (Å²) in [7, 11) is 0. The number of rotatable bonds is 5. The van der Waals surface area contributed by atoms with Gasteiger partial charge in [0.05, 0.1) is 5.92 Å². The van der Waals surface area contributed by atoms with Gasteiger partial charge in [0.2, 0.25) is 0 Å². The fraction of sp³-hybridized carbons (Fsp3) is 0.526. The van der Waals surface area contributed by atoms with Gasteiger partial charge in [0.25, 0.3) is 0 Å². The molecule has 0 spiro atoms. The molecule has 0 heterocycles. The molecule has 0 radical (unpaired) electrons. The summed E-state index contributed by atoms with van der Waals surface area (Å²) in [5.41, 5.74) is 3.65. The van der Waals surface area contributed by atoms with Crippen molar-refractivity contribution in [3.05, 3.63) is 47.0 Å². The highest BCUT2D eigenvalue weighted by atomic mass is 16.5. The number of allylic oxidation sites excluding steroid dienone is 2. The first-order valence-corrected chi connectivity index (χ1v) is 7.75. The van der Waals surface area contributed by atoms with Gasteiger partial charge in [-0.25, -0.2) is 0 Å². The van der Waals surface area contributed by atoms with Gasteiger partial charge in [0.1, 0.15) is 6.61 Å². The Morgan fingerprint density at radius 3 is 2.29 bits per heavy atom. The van der Waals surface area contributed by atoms with Crippen LogP contribution in [0, 0.1) is 17.3 Å². The minimum atomic E-state index is -0.0675. The number of ether oxygens (including phenoxy) is 1. The lowest BCUT2D eigenvalue weighted by atomic mass is 10.1. The Kier molecular flexibility index (Phi) is 4.55. The maximum Gasteiger partial charge on any atom is 0.310 e. The van der Waals surface area contributed by atoms with Crippen LogP contribution < -0.4 is 0 Å². The molecule has 1 aromatic carbocycles. The van der Waals surface area contributed by atoms with Crippen LogP contribution >= 0.6 is 0 Å². The van der Waals surface area contributed by atoms with Crippen molar-refractivity contribution in [3.63, 3.8) is 0 Å². The highest BCUT2D eigenvalue weighted by molar-refractivity contribution is 5.78. The Bertz CT molecular complexity index is 533. The molecule has 1 aliphatic carbocycles. The minimum absolute atomic E-state index is 0.00214. The van der Waals surface area contributed by atoms with Crippen molar-refractivity contribution >= 4 is 5.97 Å². The Balaban J connectivity index is 1.92. The summed E-state index contributed by atoms with van der Waals surface area (Å²) >= 11 is 0. The highest BCUT2D eigenvalue weighted by Gasteiger charge is 2.61. The summed E-state index contributed by atoms with van der Waals surface area (Å²) < 4.78 is 5.50. The number of aryl methyl sites for hydroxylation is 1. The van der Waals surface area contributed by atoms with E-state index >= 15 is 0 Å². The molecule has 1 aromatic rings. The van der Waals surface area contributed by atoms with Crippen LogP contribution in [0.3, 0.4) is 0 Å². The topological polar surface area (TPSA) is 26.3 Å². The number of benzene rings is 1. The van der Waals surface area contributed by atoms with Gasteiger partial charge >= 0.3 is 5.97 Å². The van der Waals surface area contributed by atoms with Crippen LogP contribution in [0.1, 0.15) is 45.7 Å². The van der Waals surface area contributed by atoms with E-state index in [-0.39, 0.29) is 17.3 Å². The van der Waals surface area contributed by atoms with Crippen LogP contribution in [-0.2, 0) is 22.6 Å². The van der Waals surface area contributed by atoms with Crippen LogP contribution in [0.2, 0.25) is 0 Å². The molecule has 0 aliphatic heterocycles. The predicted octanol–water partition coefficient (Wildman–Crippen LogP) is 4.53. The number of hydrogen-bond donors (Lipinski definition) is 0. The third-order valence-electron chi connectivity index (χ3n) is 4.49. The average molecular weight is 286 g/mol. The second kappa shape index (κ2) is 6.05. The first kappa shape index (κ1) is 15.8. The molecular weight excluding hydrogens is 260 g/mol. The third-order valence-corrected chi connectivity index (χ3v) is 4.49. The molecule has 2 nitrogen and oxygen atoms in total. The number of hydrogen-bond acceptors (Lipinski definition) is 2. The molecule has 0 unspecified atom stereocenters. The summed E-state index contributed by atoms with van der Waals surface area (Å²) in [5.74, 6) is 0.252. The quantitative estimate of drug-likeness (QED) is 0.587. The SMILES string of the molecule is CCc1ccc(COC(=O)[C@@H]2[C@@H](C=C(C)C)C2(C)C)cc1. The number of carbonyl (C=O) groups is 1. The van der Waals surface area contributed by atoms with Crippen molar-refractivity contribution in [2.75, 3.05) is 0 Å². The molecule has 0 N–H and O–H groups in total. The molecule has 0 aromatic heterocycles. The van der Waals surface area contributed by atoms with E-state index in [0.29, 0.717) is 12.5 Å². The van der Waals surface area contributed by atoms with E-state index in [9.17, 15) is 4.79 Å². The zero-order chi connectivity index (χ0) is 15.6. The van der Waals surface area contributed by atoms with Crippen LogP contribution in [0.15, 0.2) is 35.9 Å². The molecule has 1 fully saturated rings. The Morgan fingerprint density at radius 2 is 1.76 bits per heavy atom. The van der Waals surface area contributed by atoms with Gasteiger partial charge in [0, 0.05) is 0 Å². The van der Waals surface area contributed by atoms with Crippen LogP contribution in [-0.4, -0.2) is 5.97 Å². The van der Waals surface area contributed by atoms with Crippen molar-refractivity contribution in [1.29, 1.82) is 0 Å². The van der Waals surface area contributed by atoms with Gasteiger partial charge in [-0.05, 0) is 42.7 Å². The molecule has 1 aliphatic rings. The van der Waals surface area contributed by atoms with E-state index in [2.05, 4.69) is 52.8 Å². The molecule has 1 saturated carbocycles. The molecule has 21 heavy (non-hydrogen) atoms. The van der Waals surface area contributed by atoms with Crippen molar-refractivity contribution in [3.8, 4) is 0 Å². The summed E-state index contributed by atoms with van der Waals surface area (Å²) in [5, 5.41) is 0. The number of esters is 1. The van der Waals surface area contributed by atoms with Gasteiger partial charge in [-0.2, -0.15) is 0 Å². The molecule has 0 bridgehead atoms. The van der Waals surface area contributed by atoms with Crippen molar-refractivity contribution in [2.24, 2.45) is 17.3 Å². The maximum atomic E-state index is 12.3. The zero-order valence-electron chi connectivity index (χ0n) is 13.8. The average Bonchev–Trinajstić information content (AvgIpc) is 2.97. The largest absolute Gasteiger partial charge is 0.461 e. The molecular formula is C19H26O2. The third kappa shape index (κ3) is 3.55. The normalized spacial score (nSPS) is 22.5. The second-order valence-corrected chi connectivity index (χ2v) is 6.85. The molecule has 0 amide bonds. The smallest absolute Gasteiger partial charge is 0.310 e. The van der Waals surface area contributed by atoms with Crippen LogP contribution in [0.4, 0.5) is 0 Å². The highest BCUT2D eigenvalue weighted by Crippen LogP contribution is 2.59. The minimum Gasteiger partial charge on any atom is -0.461 e. The van der Waals surface area contributed by atoms with E-state index < -0.39 is 0 Å². The first-order valence-electron chi connectivity index (χ1n) is 7.75. The molecule has 2 rings (SSSR count). The zero-order valence-corrected chi connectivity index (χ0v) is 13.8. The monoisotopic (exact) mass is 286 g/mol. The standard InChI is InChI=1S/C19H26O2/c1-6-14-7-9-15(10-8-14)12-21-18(20)17-16(11-13(2)3)19(17,4)5/h7-11,16-17H,6,12H2,1-5H3/t16-,17+/m1/s1. The van der Waals surface area contributed by atoms with Gasteiger partial charge in [-0.15, -0.1) is 0 Å². The van der Waals surface area contributed by atoms with Gasteiger partial charge in [-0.1, -0.05) is 56.7 Å². The van der Waals surface area contributed by atoms with Crippen molar-refractivity contribution < 1.29 is 9.53 Å². The second-order valence-electron chi connectivity index (χ2n) is 6.85. The summed E-state index contributed by atoms with van der Waals surface area (Å²) in [6, 6.07) is 8.27. The van der Waals surface area contributed by atoms with Crippen LogP contribution in [0.5, 0.6) is 0 Å². The predicted molar refractivity (Wildman–Crippen MR) is 85.8 cm³/mol. The molecule has 0 saturated heterocycles. The van der Waals surface area contributed by atoms with Gasteiger partial charge < -0.3 is 4.74 Å². The van der Waals surface area contributed by atoms with Gasteiger partial charge in [0.15, 0.2) is 0 Å². The van der Waals surface area contributed by atoms with E-state index in [4.69, 9.17) is 4.74 Å². The Hall–Kier alpha value is -1.57. The molecule has 2 heteroatoms. The molecule has 2 atom stereocenters. The lowest BCUT2D eigenvalue weighted by Gasteiger charge is -2.06. The van der Waals surface area contributed by atoms with E-state index in [1.807, 2.05) is 12.1 Å². The fourth-order valence-corrected chi connectivity index (χ4v) is 2.91. The van der Waals surface area contributed by atoms with Crippen molar-refractivity contribution in [1.82, 2.24) is 0 Å². The molecule has 114 valence electrons. The fourth-order valence-electron chi connectivity index (χ4n) is 2.91. The maximum absolute atomic E-state index is 12.3. The van der Waals surface area contributed by atoms with Crippen molar-refractivity contribution in [2.45, 2.75) is 47.6 Å². The summed E-state index contributed by atoms with van der Waals surface area (Å²) in [4.78, 5) is 12.3. The lowest BCUT2D eigenvalue weighted by molar-refractivity contribution is -0.147. The number of carbonyl (C=O) groups excluding carboxylic acids is 1. The van der Waals surface area contributed by atoms with Gasteiger partial charge in [-0.3, -0.25) is 4.79 Å². The Labute approximate surface area is 128 Å². The first-order chi connectivity index (χ1) is 9.86.